The van der Waals surface area contributed by atoms with E-state index in [1.54, 1.807) is 0 Å². The van der Waals surface area contributed by atoms with Crippen molar-refractivity contribution in [1.82, 2.24) is 10.6 Å². The minimum atomic E-state index is -1.08. The van der Waals surface area contributed by atoms with Crippen molar-refractivity contribution in [3.8, 4) is 0 Å². The van der Waals surface area contributed by atoms with Crippen molar-refractivity contribution in [2.24, 2.45) is 5.92 Å². The summed E-state index contributed by atoms with van der Waals surface area (Å²) in [6, 6.07) is 5.17. The van der Waals surface area contributed by atoms with Crippen molar-refractivity contribution < 1.29 is 23.9 Å². The maximum absolute atomic E-state index is 12.9. The number of amides is 2. The molecule has 1 atom stereocenters. The number of halogens is 1. The summed E-state index contributed by atoms with van der Waals surface area (Å²) in [4.78, 5) is 34.5. The number of hydrogen-bond donors (Lipinski definition) is 3. The van der Waals surface area contributed by atoms with Gasteiger partial charge in [-0.3, -0.25) is 14.4 Å². The van der Waals surface area contributed by atoms with Gasteiger partial charge in [0.1, 0.15) is 5.82 Å². The molecule has 1 saturated carbocycles. The Bertz CT molecular complexity index is 599. The van der Waals surface area contributed by atoms with Crippen molar-refractivity contribution in [3.63, 3.8) is 0 Å². The van der Waals surface area contributed by atoms with Crippen molar-refractivity contribution in [2.45, 2.75) is 31.6 Å². The van der Waals surface area contributed by atoms with Crippen LogP contribution in [-0.2, 0) is 14.4 Å². The Labute approximate surface area is 139 Å². The Kier molecular flexibility index (Phi) is 6.28. The average Bonchev–Trinajstić information content (AvgIpc) is 3.38. The second kappa shape index (κ2) is 8.42. The smallest absolute Gasteiger partial charge is 0.312 e. The van der Waals surface area contributed by atoms with Crippen LogP contribution in [0.3, 0.4) is 0 Å². The summed E-state index contributed by atoms with van der Waals surface area (Å²) in [5.74, 6) is -2.55. The second-order valence-corrected chi connectivity index (χ2v) is 5.92. The number of aliphatic carboxylic acids is 1. The molecular weight excluding hydrogens is 315 g/mol. The highest BCUT2D eigenvalue weighted by Gasteiger charge is 2.29. The average molecular weight is 336 g/mol. The highest BCUT2D eigenvalue weighted by molar-refractivity contribution is 5.81. The number of carbonyl (C=O) groups excluding carboxylic acids is 2. The van der Waals surface area contributed by atoms with E-state index in [-0.39, 0.29) is 30.7 Å². The van der Waals surface area contributed by atoms with Crippen molar-refractivity contribution >= 4 is 17.8 Å². The molecule has 0 bridgehead atoms. The number of nitrogens with one attached hydrogen (secondary N) is 2. The maximum atomic E-state index is 12.9. The lowest BCUT2D eigenvalue weighted by atomic mass is 9.99. The lowest BCUT2D eigenvalue weighted by Gasteiger charge is -2.14. The van der Waals surface area contributed by atoms with Gasteiger partial charge in [0.15, 0.2) is 0 Å². The van der Waals surface area contributed by atoms with Gasteiger partial charge in [-0.2, -0.15) is 0 Å². The second-order valence-electron chi connectivity index (χ2n) is 5.92. The highest BCUT2D eigenvalue weighted by Crippen LogP contribution is 2.28. The minimum absolute atomic E-state index is 0.0395. The quantitative estimate of drug-likeness (QED) is 0.594. The molecule has 3 N–H and O–H groups in total. The molecule has 0 spiro atoms. The van der Waals surface area contributed by atoms with Gasteiger partial charge in [0, 0.05) is 25.4 Å². The summed E-state index contributed by atoms with van der Waals surface area (Å²) in [7, 11) is 0. The lowest BCUT2D eigenvalue weighted by molar-refractivity contribution is -0.138. The van der Waals surface area contributed by atoms with Crippen LogP contribution in [0.2, 0.25) is 0 Å². The van der Waals surface area contributed by atoms with E-state index >= 15 is 0 Å². The molecule has 0 saturated heterocycles. The van der Waals surface area contributed by atoms with Gasteiger partial charge in [-0.15, -0.1) is 0 Å². The first kappa shape index (κ1) is 17.9. The molecule has 130 valence electrons. The van der Waals surface area contributed by atoms with Crippen LogP contribution in [0.4, 0.5) is 4.39 Å². The Hall–Kier alpha value is -2.44. The number of benzene rings is 1. The number of carboxylic acids is 1. The van der Waals surface area contributed by atoms with E-state index in [4.69, 9.17) is 0 Å². The van der Waals surface area contributed by atoms with Crippen molar-refractivity contribution in [3.05, 3.63) is 35.6 Å². The van der Waals surface area contributed by atoms with E-state index in [0.29, 0.717) is 18.5 Å². The number of hydrogen-bond acceptors (Lipinski definition) is 3. The lowest BCUT2D eigenvalue weighted by Crippen LogP contribution is -2.32. The third-order valence-corrected chi connectivity index (χ3v) is 3.90. The van der Waals surface area contributed by atoms with E-state index in [1.165, 1.54) is 24.3 Å². The van der Waals surface area contributed by atoms with Crippen LogP contribution >= 0.6 is 0 Å². The van der Waals surface area contributed by atoms with Crippen LogP contribution in [0.25, 0.3) is 0 Å². The molecule has 6 nitrogen and oxygen atoms in total. The third-order valence-electron chi connectivity index (χ3n) is 3.90. The molecular formula is C17H21FN2O4. The zero-order valence-electron chi connectivity index (χ0n) is 13.3. The van der Waals surface area contributed by atoms with Crippen LogP contribution in [-0.4, -0.2) is 36.0 Å². The fourth-order valence-corrected chi connectivity index (χ4v) is 2.30. The molecule has 1 aliphatic rings. The Balaban J connectivity index is 1.70. The molecule has 1 aliphatic carbocycles. The minimum Gasteiger partial charge on any atom is -0.481 e. The Morgan fingerprint density at radius 3 is 2.42 bits per heavy atom. The molecule has 1 aromatic rings. The largest absolute Gasteiger partial charge is 0.481 e. The monoisotopic (exact) mass is 336 g/mol. The number of carbonyl (C=O) groups is 3. The third kappa shape index (κ3) is 5.64. The van der Waals surface area contributed by atoms with Crippen molar-refractivity contribution in [1.29, 1.82) is 0 Å². The molecule has 1 fully saturated rings. The van der Waals surface area contributed by atoms with Gasteiger partial charge in [0.25, 0.3) is 0 Å². The first-order chi connectivity index (χ1) is 11.5. The molecule has 1 unspecified atom stereocenters. The first-order valence-electron chi connectivity index (χ1n) is 8.00. The van der Waals surface area contributed by atoms with Gasteiger partial charge >= 0.3 is 5.97 Å². The maximum Gasteiger partial charge on any atom is 0.312 e. The van der Waals surface area contributed by atoms with Gasteiger partial charge in [-0.25, -0.2) is 4.39 Å². The SMILES string of the molecule is O=C(CCCNC(=O)C1CC1)NCC(C(=O)O)c1ccc(F)cc1. The zero-order chi connectivity index (χ0) is 17.5. The topological polar surface area (TPSA) is 95.5 Å². The summed E-state index contributed by atoms with van der Waals surface area (Å²) in [6.07, 6.45) is 2.58. The van der Waals surface area contributed by atoms with Gasteiger partial charge < -0.3 is 15.7 Å². The van der Waals surface area contributed by atoms with E-state index < -0.39 is 17.7 Å². The van der Waals surface area contributed by atoms with E-state index in [2.05, 4.69) is 10.6 Å². The Morgan fingerprint density at radius 2 is 1.83 bits per heavy atom. The van der Waals surface area contributed by atoms with Crippen LogP contribution < -0.4 is 10.6 Å². The standard InChI is InChI=1S/C17H21FN2O4/c18-13-7-5-11(6-8-13)14(17(23)24)10-20-15(21)2-1-9-19-16(22)12-3-4-12/h5-8,12,14H,1-4,9-10H2,(H,19,22)(H,20,21)(H,23,24). The molecule has 7 heteroatoms. The fourth-order valence-electron chi connectivity index (χ4n) is 2.30. The molecule has 0 radical (unpaired) electrons. The first-order valence-corrected chi connectivity index (χ1v) is 8.00. The summed E-state index contributed by atoms with van der Waals surface area (Å²) in [6.45, 7) is 0.372. The number of carboxylic acid groups (broad SMARTS) is 1. The molecule has 0 aliphatic heterocycles. The van der Waals surface area contributed by atoms with E-state index in [0.717, 1.165) is 12.8 Å². The summed E-state index contributed by atoms with van der Waals surface area (Å²) < 4.78 is 12.9. The molecule has 2 rings (SSSR count). The predicted molar refractivity (Wildman–Crippen MR) is 84.8 cm³/mol. The van der Waals surface area contributed by atoms with Gasteiger partial charge in [-0.05, 0) is 37.0 Å². The van der Waals surface area contributed by atoms with Crippen LogP contribution in [0.5, 0.6) is 0 Å². The van der Waals surface area contributed by atoms with Crippen molar-refractivity contribution in [2.75, 3.05) is 13.1 Å². The van der Waals surface area contributed by atoms with Gasteiger partial charge in [-0.1, -0.05) is 12.1 Å². The van der Waals surface area contributed by atoms with E-state index in [9.17, 15) is 23.9 Å². The molecule has 2 amide bonds. The number of rotatable bonds is 9. The Morgan fingerprint density at radius 1 is 1.17 bits per heavy atom. The normalized spacial score (nSPS) is 14.7. The molecule has 1 aromatic carbocycles. The zero-order valence-corrected chi connectivity index (χ0v) is 13.3. The molecule has 24 heavy (non-hydrogen) atoms. The highest BCUT2D eigenvalue weighted by atomic mass is 19.1. The predicted octanol–water partition coefficient (Wildman–Crippen LogP) is 1.42. The summed E-state index contributed by atoms with van der Waals surface area (Å²) >= 11 is 0. The summed E-state index contributed by atoms with van der Waals surface area (Å²) in [5.41, 5.74) is 0.431. The van der Waals surface area contributed by atoms with Crippen LogP contribution in [0.15, 0.2) is 24.3 Å². The van der Waals surface area contributed by atoms with E-state index in [1.807, 2.05) is 0 Å². The fraction of sp³-hybridized carbons (Fsp3) is 0.471. The van der Waals surface area contributed by atoms with Gasteiger partial charge in [0.05, 0.1) is 5.92 Å². The van der Waals surface area contributed by atoms with Gasteiger partial charge in [0.2, 0.25) is 11.8 Å². The molecule has 0 aromatic heterocycles. The summed E-state index contributed by atoms with van der Waals surface area (Å²) in [5, 5.41) is 14.6. The van der Waals surface area contributed by atoms with Crippen LogP contribution in [0, 0.1) is 11.7 Å². The molecule has 0 heterocycles. The van der Waals surface area contributed by atoms with Crippen LogP contribution in [0.1, 0.15) is 37.2 Å².